The van der Waals surface area contributed by atoms with Crippen LogP contribution in [0, 0.1) is 12.3 Å². The number of carbonyl (C=O) groups is 1. The lowest BCUT2D eigenvalue weighted by Gasteiger charge is -2.29. The molecule has 3 N–H and O–H groups in total. The molecule has 0 amide bonds. The van der Waals surface area contributed by atoms with Crippen LogP contribution in [-0.4, -0.2) is 54.2 Å². The van der Waals surface area contributed by atoms with Crippen molar-refractivity contribution in [3.63, 3.8) is 0 Å². The summed E-state index contributed by atoms with van der Waals surface area (Å²) < 4.78 is 12.6. The molecule has 0 fully saturated rings. The Morgan fingerprint density at radius 3 is 2.54 bits per heavy atom. The van der Waals surface area contributed by atoms with Gasteiger partial charge in [0, 0.05) is 44.6 Å². The molecule has 1 aliphatic rings. The van der Waals surface area contributed by atoms with Gasteiger partial charge < -0.3 is 29.4 Å². The van der Waals surface area contributed by atoms with Crippen LogP contribution in [0.1, 0.15) is 57.5 Å². The Kier molecular flexibility index (Phi) is 9.05. The van der Waals surface area contributed by atoms with Gasteiger partial charge in [-0.1, -0.05) is 26.8 Å². The molecule has 0 saturated carbocycles. The minimum atomic E-state index is -0.900. The van der Waals surface area contributed by atoms with Crippen molar-refractivity contribution in [1.29, 1.82) is 0 Å². The molecular weight excluding hydrogens is 472 g/mol. The molecule has 0 aliphatic carbocycles. The number of benzene rings is 1. The Morgan fingerprint density at radius 2 is 1.95 bits per heavy atom. The number of esters is 1. The summed E-state index contributed by atoms with van der Waals surface area (Å²) in [5.41, 5.74) is 4.43. The van der Waals surface area contributed by atoms with E-state index in [1.54, 1.807) is 25.6 Å². The van der Waals surface area contributed by atoms with E-state index in [0.717, 1.165) is 22.5 Å². The van der Waals surface area contributed by atoms with Crippen molar-refractivity contribution < 1.29 is 19.4 Å². The van der Waals surface area contributed by atoms with Gasteiger partial charge in [-0.05, 0) is 49.9 Å². The largest absolute Gasteiger partial charge is 0.464 e. The summed E-state index contributed by atoms with van der Waals surface area (Å²) >= 11 is 0. The normalized spacial score (nSPS) is 17.6. The van der Waals surface area contributed by atoms with Gasteiger partial charge in [-0.25, -0.2) is 0 Å². The smallest absolute Gasteiger partial charge is 0.325 e. The summed E-state index contributed by atoms with van der Waals surface area (Å²) in [5, 5.41) is 16.9. The third-order valence-corrected chi connectivity index (χ3v) is 6.44. The Hall–Kier alpha value is -2.88. The molecule has 0 spiro atoms. The van der Waals surface area contributed by atoms with Crippen molar-refractivity contribution in [3.8, 4) is 0 Å². The van der Waals surface area contributed by atoms with Crippen LogP contribution in [-0.2, 0) is 27.9 Å². The number of rotatable bonds is 10. The lowest BCUT2D eigenvalue weighted by molar-refractivity contribution is -0.151. The first-order valence-corrected chi connectivity index (χ1v) is 12.7. The molecule has 0 bridgehead atoms. The van der Waals surface area contributed by atoms with Crippen LogP contribution < -0.4 is 21.1 Å². The molecule has 9 nitrogen and oxygen atoms in total. The third-order valence-electron chi connectivity index (χ3n) is 6.44. The number of aliphatic hydroxyl groups excluding tert-OH is 1. The van der Waals surface area contributed by atoms with Crippen molar-refractivity contribution in [3.05, 3.63) is 57.5 Å². The molecule has 1 aromatic heterocycles. The second kappa shape index (κ2) is 11.7. The molecule has 9 heteroatoms. The second-order valence-corrected chi connectivity index (χ2v) is 11.2. The van der Waals surface area contributed by atoms with E-state index >= 15 is 0 Å². The van der Waals surface area contributed by atoms with E-state index in [4.69, 9.17) is 9.47 Å². The number of hydrogen-bond acceptors (Lipinski definition) is 8. The van der Waals surface area contributed by atoms with Crippen LogP contribution in [0.2, 0.25) is 0 Å². The average Bonchev–Trinajstić information content (AvgIpc) is 3.17. The van der Waals surface area contributed by atoms with E-state index in [0.29, 0.717) is 18.7 Å². The van der Waals surface area contributed by atoms with Crippen molar-refractivity contribution in [2.24, 2.45) is 12.5 Å². The number of fused-ring (bicyclic) bond motifs is 1. The van der Waals surface area contributed by atoms with E-state index in [2.05, 4.69) is 15.5 Å². The van der Waals surface area contributed by atoms with Crippen LogP contribution in [0.5, 0.6) is 0 Å². The summed E-state index contributed by atoms with van der Waals surface area (Å²) in [5.74, 6) is -0.464. The van der Waals surface area contributed by atoms with E-state index in [1.807, 2.05) is 65.1 Å². The summed E-state index contributed by atoms with van der Waals surface area (Å²) in [7, 11) is 3.46. The Morgan fingerprint density at radius 1 is 1.24 bits per heavy atom. The lowest BCUT2D eigenvalue weighted by atomic mass is 9.98. The molecule has 4 unspecified atom stereocenters. The summed E-state index contributed by atoms with van der Waals surface area (Å²) in [6.07, 6.45) is 0.792. The summed E-state index contributed by atoms with van der Waals surface area (Å²) in [6, 6.07) is 7.19. The number of hydrogen-bond donors (Lipinski definition) is 3. The fourth-order valence-electron chi connectivity index (χ4n) is 4.36. The Bertz CT molecular complexity index is 1130. The first-order valence-electron chi connectivity index (χ1n) is 12.7. The minimum absolute atomic E-state index is 0.00358. The average molecular weight is 515 g/mol. The second-order valence-electron chi connectivity index (χ2n) is 11.2. The number of aliphatic hydroxyl groups is 1. The highest BCUT2D eigenvalue weighted by Gasteiger charge is 2.32. The molecule has 0 saturated heterocycles. The first kappa shape index (κ1) is 28.7. The van der Waals surface area contributed by atoms with Gasteiger partial charge in [-0.2, -0.15) is 0 Å². The highest BCUT2D eigenvalue weighted by atomic mass is 16.5. The van der Waals surface area contributed by atoms with Gasteiger partial charge in [0.1, 0.15) is 12.2 Å². The highest BCUT2D eigenvalue weighted by Crippen LogP contribution is 2.41. The molecule has 4 atom stereocenters. The van der Waals surface area contributed by atoms with E-state index in [-0.39, 0.29) is 29.9 Å². The summed E-state index contributed by atoms with van der Waals surface area (Å²) in [6.45, 7) is 12.7. The molecule has 3 rings (SSSR count). The van der Waals surface area contributed by atoms with Gasteiger partial charge >= 0.3 is 5.97 Å². The third kappa shape index (κ3) is 7.12. The van der Waals surface area contributed by atoms with Crippen molar-refractivity contribution in [2.45, 2.75) is 72.5 Å². The van der Waals surface area contributed by atoms with Crippen LogP contribution in [0.15, 0.2) is 35.3 Å². The molecule has 204 valence electrons. The number of nitrogens with zero attached hydrogens (tertiary/aromatic N) is 2. The number of aryl methyl sites for hydroxylation is 2. The first-order chi connectivity index (χ1) is 17.3. The maximum Gasteiger partial charge on any atom is 0.325 e. The predicted molar refractivity (Wildman–Crippen MR) is 146 cm³/mol. The van der Waals surface area contributed by atoms with Crippen LogP contribution in [0.25, 0.3) is 0 Å². The number of carbonyl (C=O) groups excluding carboxylic acids is 1. The highest BCUT2D eigenvalue weighted by molar-refractivity contribution is 5.78. The number of ether oxygens (including phenoxy) is 2. The SMILES string of the molecule is COC(C)CN1c2ccc(CNC(C(=O)OCC(C)(C)C)C(C)O)cc2NC1c1cc(C)c(=O)n(C)c1. The van der Waals surface area contributed by atoms with E-state index < -0.39 is 18.1 Å². The van der Waals surface area contributed by atoms with Gasteiger partial charge in [-0.15, -0.1) is 0 Å². The fraction of sp³-hybridized carbons (Fsp3) is 0.571. The zero-order valence-corrected chi connectivity index (χ0v) is 23.3. The fourth-order valence-corrected chi connectivity index (χ4v) is 4.36. The molecule has 1 aromatic carbocycles. The standard InChI is InChI=1S/C28H42N4O5/c1-17-11-21(15-31(7)26(17)34)25-30-22-12-20(9-10-23(22)32(25)14-18(2)36-8)13-29-24(19(3)33)27(35)37-16-28(4,5)6/h9-12,15,18-19,24-25,29-30,33H,13-14,16H2,1-8H3. The zero-order valence-electron chi connectivity index (χ0n) is 23.3. The monoisotopic (exact) mass is 514 g/mol. The molecule has 1 aliphatic heterocycles. The number of pyridine rings is 1. The number of anilines is 2. The number of aromatic nitrogens is 1. The molecule has 2 heterocycles. The van der Waals surface area contributed by atoms with Gasteiger partial charge in [0.15, 0.2) is 0 Å². The van der Waals surface area contributed by atoms with Gasteiger partial charge in [0.2, 0.25) is 0 Å². The number of methoxy groups -OCH3 is 1. The maximum atomic E-state index is 12.6. The Balaban J connectivity index is 1.81. The van der Waals surface area contributed by atoms with Crippen molar-refractivity contribution in [1.82, 2.24) is 9.88 Å². The van der Waals surface area contributed by atoms with Crippen molar-refractivity contribution in [2.75, 3.05) is 30.5 Å². The van der Waals surface area contributed by atoms with Gasteiger partial charge in [0.05, 0.1) is 30.2 Å². The van der Waals surface area contributed by atoms with Crippen molar-refractivity contribution >= 4 is 17.3 Å². The zero-order chi connectivity index (χ0) is 27.5. The summed E-state index contributed by atoms with van der Waals surface area (Å²) in [4.78, 5) is 27.1. The van der Waals surface area contributed by atoms with E-state index in [1.165, 1.54) is 0 Å². The predicted octanol–water partition coefficient (Wildman–Crippen LogP) is 3.09. The van der Waals surface area contributed by atoms with Crippen LogP contribution in [0.4, 0.5) is 11.4 Å². The molecule has 37 heavy (non-hydrogen) atoms. The number of nitrogens with one attached hydrogen (secondary N) is 2. The molecular formula is C28H42N4O5. The van der Waals surface area contributed by atoms with Crippen LogP contribution in [0.3, 0.4) is 0 Å². The maximum absolute atomic E-state index is 12.6. The molecule has 2 aromatic rings. The lowest BCUT2D eigenvalue weighted by Crippen LogP contribution is -2.46. The topological polar surface area (TPSA) is 105 Å². The minimum Gasteiger partial charge on any atom is -0.464 e. The van der Waals surface area contributed by atoms with Gasteiger partial charge in [0.25, 0.3) is 5.56 Å². The van der Waals surface area contributed by atoms with Crippen LogP contribution >= 0.6 is 0 Å². The van der Waals surface area contributed by atoms with E-state index in [9.17, 15) is 14.7 Å². The molecule has 0 radical (unpaired) electrons. The quantitative estimate of drug-likeness (QED) is 0.416. The van der Waals surface area contributed by atoms with Gasteiger partial charge in [-0.3, -0.25) is 14.9 Å². The Labute approximate surface area is 219 Å².